The zero-order valence-corrected chi connectivity index (χ0v) is 12.5. The van der Waals surface area contributed by atoms with E-state index in [9.17, 15) is 0 Å². The van der Waals surface area contributed by atoms with E-state index in [1.807, 2.05) is 4.52 Å². The number of fused-ring (bicyclic) bond motifs is 1. The van der Waals surface area contributed by atoms with Crippen molar-refractivity contribution in [1.82, 2.24) is 24.7 Å². The second kappa shape index (κ2) is 5.54. The number of aromatic nitrogens is 4. The SMILES string of the molecule is CCCc1nnc2sc(C[C@@H]3CCCCN3C)nn12. The van der Waals surface area contributed by atoms with E-state index >= 15 is 0 Å². The monoisotopic (exact) mass is 279 g/mol. The van der Waals surface area contributed by atoms with Gasteiger partial charge in [-0.1, -0.05) is 24.7 Å². The molecule has 1 atom stereocenters. The first-order valence-electron chi connectivity index (χ1n) is 7.18. The number of aryl methyl sites for hydroxylation is 1. The molecule has 3 heterocycles. The number of likely N-dealkylation sites (N-methyl/N-ethyl adjacent to an activating group) is 1. The Kier molecular flexibility index (Phi) is 3.79. The molecule has 2 aromatic heterocycles. The first-order valence-corrected chi connectivity index (χ1v) is 8.00. The van der Waals surface area contributed by atoms with Crippen LogP contribution in [0.25, 0.3) is 4.96 Å². The molecule has 1 fully saturated rings. The maximum atomic E-state index is 4.70. The molecule has 0 spiro atoms. The van der Waals surface area contributed by atoms with Crippen molar-refractivity contribution >= 4 is 16.3 Å². The first-order chi connectivity index (χ1) is 9.28. The molecule has 2 aromatic rings. The fourth-order valence-corrected chi connectivity index (χ4v) is 3.69. The second-order valence-corrected chi connectivity index (χ2v) is 6.43. The predicted molar refractivity (Wildman–Crippen MR) is 76.6 cm³/mol. The highest BCUT2D eigenvalue weighted by Crippen LogP contribution is 2.22. The number of hydrogen-bond acceptors (Lipinski definition) is 5. The molecule has 3 rings (SSSR count). The van der Waals surface area contributed by atoms with Crippen molar-refractivity contribution < 1.29 is 0 Å². The van der Waals surface area contributed by atoms with E-state index in [4.69, 9.17) is 5.10 Å². The van der Waals surface area contributed by atoms with Crippen molar-refractivity contribution in [2.75, 3.05) is 13.6 Å². The van der Waals surface area contributed by atoms with Crippen molar-refractivity contribution in [3.63, 3.8) is 0 Å². The molecule has 0 amide bonds. The molecule has 5 nitrogen and oxygen atoms in total. The first kappa shape index (κ1) is 13.0. The van der Waals surface area contributed by atoms with Gasteiger partial charge in [0.05, 0.1) is 0 Å². The van der Waals surface area contributed by atoms with Crippen LogP contribution in [0.2, 0.25) is 0 Å². The summed E-state index contributed by atoms with van der Waals surface area (Å²) in [4.78, 5) is 3.41. The van der Waals surface area contributed by atoms with Gasteiger partial charge in [-0.25, -0.2) is 0 Å². The van der Waals surface area contributed by atoms with Gasteiger partial charge in [-0.05, 0) is 32.9 Å². The van der Waals surface area contributed by atoms with Crippen LogP contribution in [-0.2, 0) is 12.8 Å². The van der Waals surface area contributed by atoms with Gasteiger partial charge in [0.25, 0.3) is 0 Å². The van der Waals surface area contributed by atoms with Crippen LogP contribution in [0.5, 0.6) is 0 Å². The van der Waals surface area contributed by atoms with Crippen LogP contribution in [0.1, 0.15) is 43.4 Å². The summed E-state index contributed by atoms with van der Waals surface area (Å²) < 4.78 is 1.94. The molecule has 0 aromatic carbocycles. The third-order valence-electron chi connectivity index (χ3n) is 3.90. The lowest BCUT2D eigenvalue weighted by atomic mass is 10.0. The molecule has 104 valence electrons. The number of likely N-dealkylation sites (tertiary alicyclic amines) is 1. The summed E-state index contributed by atoms with van der Waals surface area (Å²) >= 11 is 1.69. The minimum atomic E-state index is 0.646. The molecule has 1 aliphatic heterocycles. The molecular weight excluding hydrogens is 258 g/mol. The Morgan fingerprint density at radius 1 is 1.32 bits per heavy atom. The summed E-state index contributed by atoms with van der Waals surface area (Å²) in [7, 11) is 2.23. The van der Waals surface area contributed by atoms with Gasteiger partial charge >= 0.3 is 0 Å². The van der Waals surface area contributed by atoms with E-state index < -0.39 is 0 Å². The molecular formula is C13H21N5S. The highest BCUT2D eigenvalue weighted by Gasteiger charge is 2.21. The van der Waals surface area contributed by atoms with Gasteiger partial charge in [-0.15, -0.1) is 10.2 Å². The summed E-state index contributed by atoms with van der Waals surface area (Å²) in [5, 5.41) is 14.3. The van der Waals surface area contributed by atoms with Crippen molar-refractivity contribution in [2.45, 2.75) is 51.5 Å². The van der Waals surface area contributed by atoms with Crippen LogP contribution >= 0.6 is 11.3 Å². The molecule has 0 saturated carbocycles. The van der Waals surface area contributed by atoms with Gasteiger partial charge in [0.2, 0.25) is 4.96 Å². The largest absolute Gasteiger partial charge is 0.303 e. The van der Waals surface area contributed by atoms with Crippen molar-refractivity contribution in [1.29, 1.82) is 0 Å². The number of nitrogens with zero attached hydrogens (tertiary/aromatic N) is 5. The average Bonchev–Trinajstić information content (AvgIpc) is 2.94. The Hall–Kier alpha value is -1.01. The quantitative estimate of drug-likeness (QED) is 0.860. The Labute approximate surface area is 117 Å². The molecule has 0 aliphatic carbocycles. The molecule has 6 heteroatoms. The van der Waals surface area contributed by atoms with Crippen molar-refractivity contribution in [2.24, 2.45) is 0 Å². The molecule has 19 heavy (non-hydrogen) atoms. The topological polar surface area (TPSA) is 46.3 Å². The van der Waals surface area contributed by atoms with E-state index in [0.29, 0.717) is 6.04 Å². The summed E-state index contributed by atoms with van der Waals surface area (Å²) in [5.41, 5.74) is 0. The minimum absolute atomic E-state index is 0.646. The summed E-state index contributed by atoms with van der Waals surface area (Å²) in [6, 6.07) is 0.646. The third kappa shape index (κ3) is 2.65. The van der Waals surface area contributed by atoms with Gasteiger partial charge in [0.15, 0.2) is 5.82 Å². The van der Waals surface area contributed by atoms with Gasteiger partial charge in [0.1, 0.15) is 5.01 Å². The van der Waals surface area contributed by atoms with Crippen molar-refractivity contribution in [3.05, 3.63) is 10.8 Å². The maximum absolute atomic E-state index is 4.70. The van der Waals surface area contributed by atoms with Gasteiger partial charge in [-0.3, -0.25) is 0 Å². The zero-order chi connectivity index (χ0) is 13.2. The van der Waals surface area contributed by atoms with E-state index in [2.05, 4.69) is 29.1 Å². The second-order valence-electron chi connectivity index (χ2n) is 5.39. The Bertz CT molecular complexity index is 546. The normalized spacial score (nSPS) is 21.3. The lowest BCUT2D eigenvalue weighted by molar-refractivity contribution is 0.184. The molecule has 0 unspecified atom stereocenters. The zero-order valence-electron chi connectivity index (χ0n) is 11.7. The van der Waals surface area contributed by atoms with Crippen molar-refractivity contribution in [3.8, 4) is 0 Å². The number of rotatable bonds is 4. The Balaban J connectivity index is 1.77. The molecule has 0 N–H and O–H groups in total. The molecule has 1 aliphatic rings. The fourth-order valence-electron chi connectivity index (χ4n) is 2.76. The van der Waals surface area contributed by atoms with Crippen LogP contribution in [0.3, 0.4) is 0 Å². The number of piperidine rings is 1. The molecule has 1 saturated heterocycles. The number of hydrogen-bond donors (Lipinski definition) is 0. The summed E-state index contributed by atoms with van der Waals surface area (Å²) in [6.07, 6.45) is 7.06. The van der Waals surface area contributed by atoms with Crippen LogP contribution in [0.15, 0.2) is 0 Å². The van der Waals surface area contributed by atoms with E-state index in [-0.39, 0.29) is 0 Å². The Morgan fingerprint density at radius 3 is 3.00 bits per heavy atom. The molecule has 0 radical (unpaired) electrons. The van der Waals surface area contributed by atoms with E-state index in [0.717, 1.165) is 30.0 Å². The smallest absolute Gasteiger partial charge is 0.234 e. The lowest BCUT2D eigenvalue weighted by Gasteiger charge is -2.31. The minimum Gasteiger partial charge on any atom is -0.303 e. The molecule has 0 bridgehead atoms. The Morgan fingerprint density at radius 2 is 2.21 bits per heavy atom. The van der Waals surface area contributed by atoms with E-state index in [1.165, 1.54) is 30.8 Å². The van der Waals surface area contributed by atoms with Crippen LogP contribution in [0.4, 0.5) is 0 Å². The standard InChI is InChI=1S/C13H21N5S/c1-3-6-11-14-15-13-18(11)16-12(19-13)9-10-7-4-5-8-17(10)2/h10H,3-9H2,1-2H3/t10-/m0/s1. The summed E-state index contributed by atoms with van der Waals surface area (Å²) in [6.45, 7) is 3.38. The fraction of sp³-hybridized carbons (Fsp3) is 0.769. The maximum Gasteiger partial charge on any atom is 0.234 e. The highest BCUT2D eigenvalue weighted by atomic mass is 32.1. The van der Waals surface area contributed by atoms with Gasteiger partial charge in [0, 0.05) is 18.9 Å². The predicted octanol–water partition coefficient (Wildman–Crippen LogP) is 2.17. The van der Waals surface area contributed by atoms with Crippen LogP contribution < -0.4 is 0 Å². The lowest BCUT2D eigenvalue weighted by Crippen LogP contribution is -2.37. The average molecular weight is 279 g/mol. The summed E-state index contributed by atoms with van der Waals surface area (Å²) in [5.74, 6) is 0.997. The van der Waals surface area contributed by atoms with Crippen LogP contribution in [-0.4, -0.2) is 44.3 Å². The third-order valence-corrected chi connectivity index (χ3v) is 4.82. The van der Waals surface area contributed by atoms with Crippen LogP contribution in [0, 0.1) is 0 Å². The van der Waals surface area contributed by atoms with E-state index in [1.54, 1.807) is 11.3 Å². The van der Waals surface area contributed by atoms with Gasteiger partial charge < -0.3 is 4.90 Å². The highest BCUT2D eigenvalue weighted by molar-refractivity contribution is 7.16. The van der Waals surface area contributed by atoms with Gasteiger partial charge in [-0.2, -0.15) is 9.61 Å².